The van der Waals surface area contributed by atoms with E-state index >= 15 is 0 Å². The van der Waals surface area contributed by atoms with Gasteiger partial charge in [-0.05, 0) is 29.9 Å². The first-order valence-electron chi connectivity index (χ1n) is 7.50. The lowest BCUT2D eigenvalue weighted by Gasteiger charge is -2.15. The van der Waals surface area contributed by atoms with Crippen LogP contribution in [-0.4, -0.2) is 34.5 Å². The van der Waals surface area contributed by atoms with Gasteiger partial charge in [0.25, 0.3) is 5.56 Å². The van der Waals surface area contributed by atoms with E-state index in [9.17, 15) is 9.90 Å². The fraction of sp³-hybridized carbons (Fsp3) is 0.312. The second kappa shape index (κ2) is 6.12. The number of rotatable bonds is 3. The van der Waals surface area contributed by atoms with Crippen LogP contribution in [0.3, 0.4) is 0 Å². The zero-order valence-corrected chi connectivity index (χ0v) is 14.5. The normalized spacial score (nSPS) is 16.6. The first-order valence-corrected chi connectivity index (χ1v) is 7.91. The van der Waals surface area contributed by atoms with Crippen molar-refractivity contribution in [2.24, 2.45) is 12.1 Å². The lowest BCUT2D eigenvalue weighted by atomic mass is 10.00. The van der Waals surface area contributed by atoms with Crippen LogP contribution in [0.2, 0.25) is 0 Å². The third-order valence-corrected chi connectivity index (χ3v) is 4.52. The molecule has 1 aliphatic heterocycles. The highest BCUT2D eigenvalue weighted by molar-refractivity contribution is 7.71. The van der Waals surface area contributed by atoms with Gasteiger partial charge in [0.1, 0.15) is 5.56 Å². The van der Waals surface area contributed by atoms with Crippen molar-refractivity contribution in [1.29, 1.82) is 0 Å². The van der Waals surface area contributed by atoms with E-state index in [4.69, 9.17) is 12.2 Å². The third-order valence-electron chi connectivity index (χ3n) is 4.15. The molecule has 1 aliphatic rings. The fourth-order valence-corrected chi connectivity index (χ4v) is 2.84. The first kappa shape index (κ1) is 16.3. The van der Waals surface area contributed by atoms with E-state index in [1.807, 2.05) is 43.3 Å². The molecule has 7 nitrogen and oxygen atoms in total. The zero-order chi connectivity index (χ0) is 17.4. The Kier molecular flexibility index (Phi) is 4.15. The molecule has 126 valence electrons. The van der Waals surface area contributed by atoms with Crippen LogP contribution in [0, 0.1) is 4.77 Å². The molecule has 0 amide bonds. The van der Waals surface area contributed by atoms with E-state index in [0.29, 0.717) is 12.1 Å². The highest BCUT2D eigenvalue weighted by atomic mass is 32.1. The summed E-state index contributed by atoms with van der Waals surface area (Å²) in [7, 11) is 5.57. The van der Waals surface area contributed by atoms with Crippen molar-refractivity contribution in [3.63, 3.8) is 0 Å². The van der Waals surface area contributed by atoms with Gasteiger partial charge >= 0.3 is 0 Å². The Labute approximate surface area is 144 Å². The van der Waals surface area contributed by atoms with Gasteiger partial charge in [0, 0.05) is 33.3 Å². The number of hydrazone groups is 1. The first-order chi connectivity index (χ1) is 11.4. The number of H-pyrrole nitrogens is 1. The molecule has 0 saturated carbocycles. The van der Waals surface area contributed by atoms with Gasteiger partial charge in [-0.1, -0.05) is 12.1 Å². The molecule has 1 atom stereocenters. The van der Waals surface area contributed by atoms with Crippen LogP contribution in [0.25, 0.3) is 0 Å². The average molecular weight is 345 g/mol. The summed E-state index contributed by atoms with van der Waals surface area (Å²) in [6, 6.07) is 8.09. The van der Waals surface area contributed by atoms with Crippen LogP contribution < -0.4 is 15.9 Å². The van der Waals surface area contributed by atoms with E-state index in [1.54, 1.807) is 7.05 Å². The minimum Gasteiger partial charge on any atom is -0.494 e. The van der Waals surface area contributed by atoms with Crippen LogP contribution in [-0.2, 0) is 7.05 Å². The molecule has 1 aromatic heterocycles. The quantitative estimate of drug-likeness (QED) is 0.737. The molecule has 2 heterocycles. The molecule has 3 N–H and O–H groups in total. The molecule has 0 aliphatic carbocycles. The number of aromatic hydroxyl groups is 1. The number of nitrogens with zero attached hydrogens (tertiary/aromatic N) is 3. The van der Waals surface area contributed by atoms with E-state index in [1.165, 1.54) is 4.57 Å². The topological polar surface area (TPSA) is 85.7 Å². The molecular weight excluding hydrogens is 326 g/mol. The van der Waals surface area contributed by atoms with Crippen molar-refractivity contribution in [3.05, 3.63) is 50.5 Å². The summed E-state index contributed by atoms with van der Waals surface area (Å²) >= 11 is 4.98. The third kappa shape index (κ3) is 2.80. The van der Waals surface area contributed by atoms with Gasteiger partial charge in [0.15, 0.2) is 4.77 Å². The minimum atomic E-state index is -0.431. The SMILES string of the molecule is CN(C)c1ccc([C@H]2CC(c3c(O)n(C)c(=S)[nH]c3=O)=NN2)cc1. The largest absolute Gasteiger partial charge is 0.494 e. The lowest BCUT2D eigenvalue weighted by Crippen LogP contribution is -2.21. The molecule has 0 unspecified atom stereocenters. The summed E-state index contributed by atoms with van der Waals surface area (Å²) in [5.41, 5.74) is 5.46. The Morgan fingerprint density at radius 3 is 2.62 bits per heavy atom. The van der Waals surface area contributed by atoms with Gasteiger partial charge in [0.05, 0.1) is 11.8 Å². The van der Waals surface area contributed by atoms with Crippen LogP contribution in [0.15, 0.2) is 34.2 Å². The number of benzene rings is 1. The minimum absolute atomic E-state index is 0.0384. The van der Waals surface area contributed by atoms with Crippen molar-refractivity contribution in [2.75, 3.05) is 19.0 Å². The standard InChI is InChI=1S/C16H19N5O2S/c1-20(2)10-6-4-9(5-7-10)11-8-12(19-18-11)13-14(22)17-16(24)21(3)15(13)23/h4-7,11,18,23H,8H2,1-3H3,(H,17,22,24)/t11-/m1/s1. The van der Waals surface area contributed by atoms with E-state index in [2.05, 4.69) is 15.5 Å². The van der Waals surface area contributed by atoms with Crippen LogP contribution in [0.5, 0.6) is 5.88 Å². The van der Waals surface area contributed by atoms with Gasteiger partial charge in [-0.3, -0.25) is 14.3 Å². The molecule has 0 fully saturated rings. The predicted octanol–water partition coefficient (Wildman–Crippen LogP) is 1.65. The Bertz CT molecular complexity index is 912. The van der Waals surface area contributed by atoms with Gasteiger partial charge in [-0.2, -0.15) is 5.10 Å². The number of aromatic amines is 1. The van der Waals surface area contributed by atoms with E-state index in [-0.39, 0.29) is 22.3 Å². The molecule has 0 spiro atoms. The summed E-state index contributed by atoms with van der Waals surface area (Å²) in [5.74, 6) is -0.173. The van der Waals surface area contributed by atoms with Crippen molar-refractivity contribution < 1.29 is 5.11 Å². The Balaban J connectivity index is 1.87. The van der Waals surface area contributed by atoms with Crippen molar-refractivity contribution in [2.45, 2.75) is 12.5 Å². The lowest BCUT2D eigenvalue weighted by molar-refractivity contribution is 0.419. The number of nitrogens with one attached hydrogen (secondary N) is 2. The van der Waals surface area contributed by atoms with E-state index in [0.717, 1.165) is 11.3 Å². The summed E-state index contributed by atoms with van der Waals surface area (Å²) in [5, 5.41) is 14.5. The smallest absolute Gasteiger partial charge is 0.264 e. The zero-order valence-electron chi connectivity index (χ0n) is 13.7. The number of hydrogen-bond acceptors (Lipinski definition) is 6. The van der Waals surface area contributed by atoms with Crippen molar-refractivity contribution >= 4 is 23.6 Å². The summed E-state index contributed by atoms with van der Waals surface area (Å²) in [6.07, 6.45) is 0.509. The second-order valence-corrected chi connectivity index (χ2v) is 6.33. The van der Waals surface area contributed by atoms with Crippen molar-refractivity contribution in [3.8, 4) is 5.88 Å². The van der Waals surface area contributed by atoms with Crippen LogP contribution >= 0.6 is 12.2 Å². The molecule has 0 saturated heterocycles. The second-order valence-electron chi connectivity index (χ2n) is 5.95. The van der Waals surface area contributed by atoms with Gasteiger partial charge in [0.2, 0.25) is 5.88 Å². The predicted molar refractivity (Wildman–Crippen MR) is 96.3 cm³/mol. The Hall–Kier alpha value is -2.61. The maximum Gasteiger partial charge on any atom is 0.264 e. The molecular formula is C16H19N5O2S. The summed E-state index contributed by atoms with van der Waals surface area (Å²) < 4.78 is 1.52. The number of hydrogen-bond donors (Lipinski definition) is 3. The van der Waals surface area contributed by atoms with Gasteiger partial charge < -0.3 is 15.4 Å². The highest BCUT2D eigenvalue weighted by Crippen LogP contribution is 2.27. The molecule has 3 rings (SSSR count). The molecule has 8 heteroatoms. The number of anilines is 1. The van der Waals surface area contributed by atoms with Crippen LogP contribution in [0.1, 0.15) is 23.6 Å². The van der Waals surface area contributed by atoms with Crippen LogP contribution in [0.4, 0.5) is 5.69 Å². The molecule has 0 radical (unpaired) electrons. The van der Waals surface area contributed by atoms with E-state index < -0.39 is 5.56 Å². The van der Waals surface area contributed by atoms with Gasteiger partial charge in [-0.15, -0.1) is 0 Å². The maximum atomic E-state index is 12.2. The Morgan fingerprint density at radius 1 is 1.33 bits per heavy atom. The van der Waals surface area contributed by atoms with Gasteiger partial charge in [-0.25, -0.2) is 0 Å². The molecule has 24 heavy (non-hydrogen) atoms. The molecule has 2 aromatic rings. The molecule has 1 aromatic carbocycles. The fourth-order valence-electron chi connectivity index (χ4n) is 2.66. The van der Waals surface area contributed by atoms with Crippen molar-refractivity contribution in [1.82, 2.24) is 15.0 Å². The monoisotopic (exact) mass is 345 g/mol. The summed E-state index contributed by atoms with van der Waals surface area (Å²) in [6.45, 7) is 0. The average Bonchev–Trinajstić information content (AvgIpc) is 3.02. The summed E-state index contributed by atoms with van der Waals surface area (Å²) in [4.78, 5) is 16.7. The Morgan fingerprint density at radius 2 is 2.00 bits per heavy atom. The molecule has 0 bridgehead atoms. The highest BCUT2D eigenvalue weighted by Gasteiger charge is 2.26. The number of aromatic nitrogens is 2. The maximum absolute atomic E-state index is 12.2.